The Labute approximate surface area is 78.9 Å². The van der Waals surface area contributed by atoms with E-state index in [2.05, 4.69) is 16.7 Å². The summed E-state index contributed by atoms with van der Waals surface area (Å²) >= 11 is 0. The van der Waals surface area contributed by atoms with Gasteiger partial charge in [0.1, 0.15) is 0 Å². The number of aryl methyl sites for hydroxylation is 2. The normalized spacial score (nSPS) is 21.5. The average Bonchev–Trinajstić information content (AvgIpc) is 2.60. The number of fused-ring (bicyclic) bond motifs is 1. The van der Waals surface area contributed by atoms with Crippen molar-refractivity contribution in [2.24, 2.45) is 5.73 Å². The fourth-order valence-electron chi connectivity index (χ4n) is 2.26. The molecule has 0 saturated heterocycles. The fraction of sp³-hybridized carbons (Fsp3) is 0.700. The molecule has 0 aromatic carbocycles. The molecule has 0 amide bonds. The molecule has 0 bridgehead atoms. The first-order chi connectivity index (χ1) is 6.36. The molecule has 0 saturated carbocycles. The Morgan fingerprint density at radius 1 is 1.69 bits per heavy atom. The number of rotatable bonds is 2. The number of nitrogens with two attached hydrogens (primary N) is 1. The van der Waals surface area contributed by atoms with Gasteiger partial charge in [0.25, 0.3) is 0 Å². The average molecular weight is 179 g/mol. The van der Waals surface area contributed by atoms with E-state index in [-0.39, 0.29) is 0 Å². The molecule has 0 radical (unpaired) electrons. The van der Waals surface area contributed by atoms with Crippen molar-refractivity contribution in [1.29, 1.82) is 0 Å². The molecular formula is C10H17N3. The Kier molecular flexibility index (Phi) is 2.36. The summed E-state index contributed by atoms with van der Waals surface area (Å²) in [5.41, 5.74) is 8.58. The maximum Gasteiger partial charge on any atom is 0.0524 e. The monoisotopic (exact) mass is 179 g/mol. The zero-order valence-corrected chi connectivity index (χ0v) is 8.16. The third-order valence-corrected chi connectivity index (χ3v) is 2.93. The number of nitrogens with zero attached hydrogens (tertiary/aromatic N) is 2. The van der Waals surface area contributed by atoms with Crippen LogP contribution in [-0.2, 0) is 13.0 Å². The summed E-state index contributed by atoms with van der Waals surface area (Å²) in [5.74, 6) is 0.547. The first-order valence-corrected chi connectivity index (χ1v) is 5.11. The van der Waals surface area contributed by atoms with Gasteiger partial charge in [-0.05, 0) is 31.7 Å². The maximum atomic E-state index is 5.76. The molecule has 0 aliphatic heterocycles. The van der Waals surface area contributed by atoms with Crippen molar-refractivity contribution >= 4 is 0 Å². The zero-order chi connectivity index (χ0) is 9.26. The Morgan fingerprint density at radius 2 is 2.54 bits per heavy atom. The van der Waals surface area contributed by atoms with Crippen molar-refractivity contribution in [3.05, 3.63) is 17.5 Å². The van der Waals surface area contributed by atoms with Gasteiger partial charge in [0.05, 0.1) is 6.20 Å². The Morgan fingerprint density at radius 3 is 3.23 bits per heavy atom. The number of aromatic nitrogens is 2. The summed E-state index contributed by atoms with van der Waals surface area (Å²) in [6.07, 6.45) is 5.70. The lowest BCUT2D eigenvalue weighted by molar-refractivity contribution is 0.501. The highest BCUT2D eigenvalue weighted by Crippen LogP contribution is 2.30. The first-order valence-electron chi connectivity index (χ1n) is 5.11. The third-order valence-electron chi connectivity index (χ3n) is 2.93. The van der Waals surface area contributed by atoms with E-state index < -0.39 is 0 Å². The predicted molar refractivity (Wildman–Crippen MR) is 52.6 cm³/mol. The van der Waals surface area contributed by atoms with Crippen molar-refractivity contribution in [3.8, 4) is 0 Å². The second-order valence-corrected chi connectivity index (χ2v) is 3.70. The summed E-state index contributed by atoms with van der Waals surface area (Å²) in [6.45, 7) is 3.86. The van der Waals surface area contributed by atoms with E-state index in [0.29, 0.717) is 5.92 Å². The minimum atomic E-state index is 0.547. The van der Waals surface area contributed by atoms with Gasteiger partial charge in [-0.1, -0.05) is 0 Å². The molecule has 0 fully saturated rings. The minimum absolute atomic E-state index is 0.547. The van der Waals surface area contributed by atoms with E-state index in [1.54, 1.807) is 0 Å². The maximum absolute atomic E-state index is 5.76. The molecule has 2 N–H and O–H groups in total. The third kappa shape index (κ3) is 1.37. The Balaban J connectivity index is 2.39. The molecular weight excluding hydrogens is 162 g/mol. The molecule has 0 spiro atoms. The molecule has 2 rings (SSSR count). The van der Waals surface area contributed by atoms with Crippen LogP contribution in [0.15, 0.2) is 6.20 Å². The van der Waals surface area contributed by atoms with Crippen molar-refractivity contribution in [2.45, 2.75) is 38.6 Å². The smallest absolute Gasteiger partial charge is 0.0524 e. The summed E-state index contributed by atoms with van der Waals surface area (Å²) in [7, 11) is 0. The molecule has 1 aromatic heterocycles. The van der Waals surface area contributed by atoms with Crippen LogP contribution in [0.5, 0.6) is 0 Å². The van der Waals surface area contributed by atoms with E-state index in [0.717, 1.165) is 13.1 Å². The molecule has 13 heavy (non-hydrogen) atoms. The van der Waals surface area contributed by atoms with Crippen molar-refractivity contribution < 1.29 is 0 Å². The van der Waals surface area contributed by atoms with Crippen LogP contribution in [-0.4, -0.2) is 16.3 Å². The lowest BCUT2D eigenvalue weighted by atomic mass is 9.88. The summed E-state index contributed by atoms with van der Waals surface area (Å²) in [4.78, 5) is 0. The van der Waals surface area contributed by atoms with Crippen LogP contribution in [0, 0.1) is 0 Å². The molecule has 3 nitrogen and oxygen atoms in total. The summed E-state index contributed by atoms with van der Waals surface area (Å²) in [6, 6.07) is 0. The van der Waals surface area contributed by atoms with Crippen LogP contribution in [0.1, 0.15) is 36.9 Å². The quantitative estimate of drug-likeness (QED) is 0.743. The van der Waals surface area contributed by atoms with Gasteiger partial charge in [-0.15, -0.1) is 0 Å². The highest BCUT2D eigenvalue weighted by molar-refractivity contribution is 5.25. The molecule has 72 valence electrons. The topological polar surface area (TPSA) is 43.8 Å². The standard InChI is InChI=1S/C10H17N3/c1-2-13-10-8(6-11)4-3-5-9(10)7-12-13/h7-8H,2-6,11H2,1H3. The molecule has 1 atom stereocenters. The van der Waals surface area contributed by atoms with E-state index in [1.165, 1.54) is 30.5 Å². The predicted octanol–water partition coefficient (Wildman–Crippen LogP) is 1.28. The molecule has 3 heteroatoms. The van der Waals surface area contributed by atoms with Gasteiger partial charge in [0.15, 0.2) is 0 Å². The summed E-state index contributed by atoms with van der Waals surface area (Å²) in [5, 5.41) is 4.38. The van der Waals surface area contributed by atoms with Gasteiger partial charge in [-0.3, -0.25) is 4.68 Å². The Bertz CT molecular complexity index is 277. The SMILES string of the molecule is CCn1ncc2c1C(CN)CCC2. The van der Waals surface area contributed by atoms with Crippen molar-refractivity contribution in [2.75, 3.05) is 6.54 Å². The molecule has 1 heterocycles. The summed E-state index contributed by atoms with van der Waals surface area (Å²) < 4.78 is 2.10. The highest BCUT2D eigenvalue weighted by atomic mass is 15.3. The van der Waals surface area contributed by atoms with Crippen LogP contribution in [0.4, 0.5) is 0 Å². The van der Waals surface area contributed by atoms with E-state index >= 15 is 0 Å². The van der Waals surface area contributed by atoms with Crippen LogP contribution in [0.2, 0.25) is 0 Å². The highest BCUT2D eigenvalue weighted by Gasteiger charge is 2.22. The van der Waals surface area contributed by atoms with Gasteiger partial charge in [0.2, 0.25) is 0 Å². The zero-order valence-electron chi connectivity index (χ0n) is 8.16. The molecule has 1 unspecified atom stereocenters. The van der Waals surface area contributed by atoms with Crippen LogP contribution in [0.25, 0.3) is 0 Å². The van der Waals surface area contributed by atoms with E-state index in [9.17, 15) is 0 Å². The minimum Gasteiger partial charge on any atom is -0.330 e. The lowest BCUT2D eigenvalue weighted by Crippen LogP contribution is -2.21. The fourth-order valence-corrected chi connectivity index (χ4v) is 2.26. The largest absolute Gasteiger partial charge is 0.330 e. The van der Waals surface area contributed by atoms with Crippen LogP contribution in [0.3, 0.4) is 0 Å². The van der Waals surface area contributed by atoms with Crippen LogP contribution < -0.4 is 5.73 Å². The Hall–Kier alpha value is -0.830. The lowest BCUT2D eigenvalue weighted by Gasteiger charge is -2.22. The van der Waals surface area contributed by atoms with Gasteiger partial charge in [-0.25, -0.2) is 0 Å². The second kappa shape index (κ2) is 3.50. The molecule has 1 aliphatic rings. The number of hydrogen-bond donors (Lipinski definition) is 1. The van der Waals surface area contributed by atoms with E-state index in [1.807, 2.05) is 6.20 Å². The van der Waals surface area contributed by atoms with Gasteiger partial charge in [0, 0.05) is 24.7 Å². The molecule has 1 aliphatic carbocycles. The van der Waals surface area contributed by atoms with Crippen molar-refractivity contribution in [3.63, 3.8) is 0 Å². The van der Waals surface area contributed by atoms with Gasteiger partial charge >= 0.3 is 0 Å². The first kappa shape index (κ1) is 8.75. The molecule has 1 aromatic rings. The van der Waals surface area contributed by atoms with Gasteiger partial charge in [-0.2, -0.15) is 5.10 Å². The second-order valence-electron chi connectivity index (χ2n) is 3.70. The van der Waals surface area contributed by atoms with E-state index in [4.69, 9.17) is 5.73 Å². The van der Waals surface area contributed by atoms with Gasteiger partial charge < -0.3 is 5.73 Å². The van der Waals surface area contributed by atoms with Crippen molar-refractivity contribution in [1.82, 2.24) is 9.78 Å². The number of hydrogen-bond acceptors (Lipinski definition) is 2. The van der Waals surface area contributed by atoms with Crippen LogP contribution >= 0.6 is 0 Å².